The fourth-order valence-electron chi connectivity index (χ4n) is 2.98. The number of hydrogen-bond donors (Lipinski definition) is 1. The van der Waals surface area contributed by atoms with Crippen molar-refractivity contribution in [2.45, 2.75) is 32.9 Å². The van der Waals surface area contributed by atoms with E-state index in [-0.39, 0.29) is 24.2 Å². The van der Waals surface area contributed by atoms with E-state index in [0.717, 1.165) is 5.56 Å². The first-order chi connectivity index (χ1) is 13.5. The van der Waals surface area contributed by atoms with Crippen LogP contribution in [0.25, 0.3) is 5.69 Å². The summed E-state index contributed by atoms with van der Waals surface area (Å²) in [5.41, 5.74) is 1.16. The molecular weight excluding hydrogens is 356 g/mol. The number of para-hydroxylation sites is 2. The Morgan fingerprint density at radius 1 is 1.11 bits per heavy atom. The van der Waals surface area contributed by atoms with Crippen molar-refractivity contribution in [2.24, 2.45) is 0 Å². The predicted molar refractivity (Wildman–Crippen MR) is 107 cm³/mol. The molecule has 3 rings (SSSR count). The van der Waals surface area contributed by atoms with Crippen LogP contribution in [-0.2, 0) is 17.8 Å². The van der Waals surface area contributed by atoms with E-state index in [9.17, 15) is 9.59 Å². The number of ether oxygens (including phenoxy) is 1. The molecule has 7 nitrogen and oxygen atoms in total. The average molecular weight is 380 g/mol. The maximum absolute atomic E-state index is 13.1. The molecule has 0 aliphatic rings. The van der Waals surface area contributed by atoms with Gasteiger partial charge in [0.15, 0.2) is 0 Å². The Kier molecular flexibility index (Phi) is 5.93. The van der Waals surface area contributed by atoms with Gasteiger partial charge in [-0.1, -0.05) is 42.5 Å². The molecule has 0 saturated heterocycles. The summed E-state index contributed by atoms with van der Waals surface area (Å²) in [5, 5.41) is 7.34. The van der Waals surface area contributed by atoms with Crippen molar-refractivity contribution < 1.29 is 9.53 Å². The number of carbonyl (C=O) groups is 1. The van der Waals surface area contributed by atoms with Crippen LogP contribution in [0.2, 0.25) is 0 Å². The molecule has 146 valence electrons. The summed E-state index contributed by atoms with van der Waals surface area (Å²) in [6.07, 6.45) is 0.438. The molecule has 1 aromatic heterocycles. The van der Waals surface area contributed by atoms with Crippen LogP contribution in [0.1, 0.15) is 25.2 Å². The monoisotopic (exact) mass is 380 g/mol. The van der Waals surface area contributed by atoms with Gasteiger partial charge in [-0.15, -0.1) is 5.10 Å². The Balaban J connectivity index is 2.06. The zero-order chi connectivity index (χ0) is 20.1. The Bertz CT molecular complexity index is 1010. The van der Waals surface area contributed by atoms with E-state index in [1.807, 2.05) is 56.3 Å². The molecule has 0 unspecified atom stereocenters. The summed E-state index contributed by atoms with van der Waals surface area (Å²) in [6.45, 7) is 3.67. The van der Waals surface area contributed by atoms with Crippen LogP contribution in [0.15, 0.2) is 59.4 Å². The van der Waals surface area contributed by atoms with Crippen molar-refractivity contribution in [3.8, 4) is 11.4 Å². The number of benzene rings is 2. The van der Waals surface area contributed by atoms with Gasteiger partial charge >= 0.3 is 5.69 Å². The van der Waals surface area contributed by atoms with Gasteiger partial charge in [-0.05, 0) is 31.5 Å². The molecule has 1 amide bonds. The Morgan fingerprint density at radius 3 is 2.46 bits per heavy atom. The molecule has 1 heterocycles. The number of amides is 1. The van der Waals surface area contributed by atoms with E-state index in [1.165, 1.54) is 9.25 Å². The van der Waals surface area contributed by atoms with Gasteiger partial charge in [0.1, 0.15) is 23.8 Å². The number of aromatic nitrogens is 3. The molecule has 0 spiro atoms. The number of nitrogens with zero attached hydrogens (tertiary/aromatic N) is 3. The first-order valence-electron chi connectivity index (χ1n) is 9.15. The van der Waals surface area contributed by atoms with Crippen molar-refractivity contribution in [2.75, 3.05) is 7.11 Å². The van der Waals surface area contributed by atoms with Gasteiger partial charge in [-0.3, -0.25) is 9.36 Å². The first-order valence-corrected chi connectivity index (χ1v) is 9.15. The summed E-state index contributed by atoms with van der Waals surface area (Å²) in [7, 11) is 1.54. The Hall–Kier alpha value is -3.35. The third-order valence-corrected chi connectivity index (χ3v) is 4.21. The Labute approximate surface area is 163 Å². The van der Waals surface area contributed by atoms with Gasteiger partial charge in [0, 0.05) is 12.5 Å². The molecular formula is C21H24N4O3. The maximum atomic E-state index is 13.1. The summed E-state index contributed by atoms with van der Waals surface area (Å²) in [6, 6.07) is 16.9. The minimum absolute atomic E-state index is 0.00922. The highest BCUT2D eigenvalue weighted by Gasteiger charge is 2.19. The normalized spacial score (nSPS) is 10.9. The second-order valence-corrected chi connectivity index (χ2v) is 6.75. The zero-order valence-corrected chi connectivity index (χ0v) is 16.3. The van der Waals surface area contributed by atoms with E-state index in [2.05, 4.69) is 10.4 Å². The molecule has 1 N–H and O–H groups in total. The lowest BCUT2D eigenvalue weighted by molar-refractivity contribution is -0.122. The highest BCUT2D eigenvalue weighted by molar-refractivity contribution is 5.76. The third kappa shape index (κ3) is 4.31. The van der Waals surface area contributed by atoms with E-state index in [1.54, 1.807) is 19.2 Å². The number of rotatable bonds is 7. The summed E-state index contributed by atoms with van der Waals surface area (Å²) in [4.78, 5) is 25.4. The maximum Gasteiger partial charge on any atom is 0.351 e. The summed E-state index contributed by atoms with van der Waals surface area (Å²) < 4.78 is 8.07. The molecule has 0 aliphatic carbocycles. The van der Waals surface area contributed by atoms with Crippen LogP contribution in [0.5, 0.6) is 5.75 Å². The van der Waals surface area contributed by atoms with Gasteiger partial charge in [0.2, 0.25) is 5.91 Å². The second kappa shape index (κ2) is 8.56. The largest absolute Gasteiger partial charge is 0.494 e. The standard InChI is InChI=1S/C21H24N4O3/c1-15(2)22-20(26)14-24-19(13-16-9-5-4-6-10-16)23-25(21(24)27)17-11-7-8-12-18(17)28-3/h4-12,15H,13-14H2,1-3H3,(H,22,26). The highest BCUT2D eigenvalue weighted by Crippen LogP contribution is 2.20. The molecule has 7 heteroatoms. The third-order valence-electron chi connectivity index (χ3n) is 4.21. The number of methoxy groups -OCH3 is 1. The molecule has 0 radical (unpaired) electrons. The lowest BCUT2D eigenvalue weighted by atomic mass is 10.1. The van der Waals surface area contributed by atoms with Crippen LogP contribution in [0.3, 0.4) is 0 Å². The molecule has 0 saturated carbocycles. The smallest absolute Gasteiger partial charge is 0.351 e. The van der Waals surface area contributed by atoms with Crippen LogP contribution in [-0.4, -0.2) is 33.4 Å². The SMILES string of the molecule is COc1ccccc1-n1nc(Cc2ccccc2)n(CC(=O)NC(C)C)c1=O. The molecule has 28 heavy (non-hydrogen) atoms. The zero-order valence-electron chi connectivity index (χ0n) is 16.3. The van der Waals surface area contributed by atoms with Gasteiger partial charge in [0.25, 0.3) is 0 Å². The van der Waals surface area contributed by atoms with Crippen molar-refractivity contribution in [1.29, 1.82) is 0 Å². The van der Waals surface area contributed by atoms with E-state index >= 15 is 0 Å². The molecule has 0 fully saturated rings. The molecule has 0 atom stereocenters. The fraction of sp³-hybridized carbons (Fsp3) is 0.286. The van der Waals surface area contributed by atoms with Crippen LogP contribution in [0, 0.1) is 0 Å². The summed E-state index contributed by atoms with van der Waals surface area (Å²) >= 11 is 0. The average Bonchev–Trinajstić information content (AvgIpc) is 2.97. The fourth-order valence-corrected chi connectivity index (χ4v) is 2.98. The molecule has 0 aliphatic heterocycles. The van der Waals surface area contributed by atoms with Gasteiger partial charge in [0.05, 0.1) is 7.11 Å². The van der Waals surface area contributed by atoms with Gasteiger partial charge in [-0.25, -0.2) is 4.79 Å². The lowest BCUT2D eigenvalue weighted by Crippen LogP contribution is -2.36. The quantitative estimate of drug-likeness (QED) is 0.681. The highest BCUT2D eigenvalue weighted by atomic mass is 16.5. The van der Waals surface area contributed by atoms with Crippen LogP contribution >= 0.6 is 0 Å². The van der Waals surface area contributed by atoms with Gasteiger partial charge in [-0.2, -0.15) is 4.68 Å². The van der Waals surface area contributed by atoms with E-state index in [4.69, 9.17) is 4.74 Å². The first kappa shape index (κ1) is 19.4. The van der Waals surface area contributed by atoms with Crippen molar-refractivity contribution in [3.05, 3.63) is 76.5 Å². The topological polar surface area (TPSA) is 78.2 Å². The molecule has 2 aromatic carbocycles. The lowest BCUT2D eigenvalue weighted by Gasteiger charge is -2.09. The van der Waals surface area contributed by atoms with Crippen molar-refractivity contribution in [1.82, 2.24) is 19.7 Å². The predicted octanol–water partition coefficient (Wildman–Crippen LogP) is 2.16. The van der Waals surface area contributed by atoms with Crippen LogP contribution in [0.4, 0.5) is 0 Å². The number of nitrogens with one attached hydrogen (secondary N) is 1. The minimum Gasteiger partial charge on any atom is -0.494 e. The van der Waals surface area contributed by atoms with E-state index in [0.29, 0.717) is 23.7 Å². The molecule has 0 bridgehead atoms. The van der Waals surface area contributed by atoms with Crippen molar-refractivity contribution >= 4 is 5.91 Å². The van der Waals surface area contributed by atoms with Gasteiger partial charge < -0.3 is 10.1 Å². The Morgan fingerprint density at radius 2 is 1.79 bits per heavy atom. The number of carbonyl (C=O) groups excluding carboxylic acids is 1. The van der Waals surface area contributed by atoms with E-state index < -0.39 is 0 Å². The van der Waals surface area contributed by atoms with Crippen molar-refractivity contribution in [3.63, 3.8) is 0 Å². The van der Waals surface area contributed by atoms with Crippen LogP contribution < -0.4 is 15.7 Å². The minimum atomic E-state index is -0.380. The second-order valence-electron chi connectivity index (χ2n) is 6.75. The summed E-state index contributed by atoms with van der Waals surface area (Å²) in [5.74, 6) is 0.819. The molecule has 3 aromatic rings. The number of hydrogen-bond acceptors (Lipinski definition) is 4.